The summed E-state index contributed by atoms with van der Waals surface area (Å²) >= 11 is 0. The van der Waals surface area contributed by atoms with Crippen molar-refractivity contribution in [2.24, 2.45) is 18.9 Å². The van der Waals surface area contributed by atoms with Crippen LogP contribution in [-0.4, -0.2) is 21.7 Å². The summed E-state index contributed by atoms with van der Waals surface area (Å²) < 4.78 is 1.52. The van der Waals surface area contributed by atoms with E-state index in [9.17, 15) is 4.79 Å². The molecule has 1 saturated carbocycles. The van der Waals surface area contributed by atoms with Gasteiger partial charge in [0, 0.05) is 13.1 Å². The Labute approximate surface area is 108 Å². The van der Waals surface area contributed by atoms with Crippen LogP contribution in [0.5, 0.6) is 0 Å². The van der Waals surface area contributed by atoms with Crippen LogP contribution in [0.3, 0.4) is 0 Å². The molecule has 5 nitrogen and oxygen atoms in total. The Morgan fingerprint density at radius 2 is 2.33 bits per heavy atom. The van der Waals surface area contributed by atoms with Crippen molar-refractivity contribution >= 4 is 11.7 Å². The van der Waals surface area contributed by atoms with Crippen molar-refractivity contribution in [3.05, 3.63) is 11.8 Å². The SMILES string of the molecule is CCC1CCC(NC(=O)c2cnn(C)c2N)C1C. The molecule has 1 aromatic rings. The maximum absolute atomic E-state index is 12.1. The van der Waals surface area contributed by atoms with Gasteiger partial charge in [-0.05, 0) is 24.7 Å². The number of anilines is 1. The first-order valence-electron chi connectivity index (χ1n) is 6.63. The van der Waals surface area contributed by atoms with E-state index in [0.717, 1.165) is 12.3 Å². The van der Waals surface area contributed by atoms with Crippen LogP contribution in [0.4, 0.5) is 5.82 Å². The Kier molecular flexibility index (Phi) is 3.59. The number of carbonyl (C=O) groups excluding carboxylic acids is 1. The van der Waals surface area contributed by atoms with Crippen LogP contribution in [0.15, 0.2) is 6.20 Å². The molecule has 0 aromatic carbocycles. The zero-order valence-corrected chi connectivity index (χ0v) is 11.3. The van der Waals surface area contributed by atoms with Crippen molar-refractivity contribution in [1.29, 1.82) is 0 Å². The Hall–Kier alpha value is -1.52. The molecule has 0 saturated heterocycles. The lowest BCUT2D eigenvalue weighted by molar-refractivity contribution is 0.0927. The molecule has 1 amide bonds. The number of carbonyl (C=O) groups is 1. The zero-order chi connectivity index (χ0) is 13.3. The Morgan fingerprint density at radius 3 is 2.83 bits per heavy atom. The molecule has 1 aliphatic rings. The average molecular weight is 250 g/mol. The van der Waals surface area contributed by atoms with Gasteiger partial charge in [-0.3, -0.25) is 9.48 Å². The molecule has 0 spiro atoms. The van der Waals surface area contributed by atoms with Crippen molar-refractivity contribution < 1.29 is 4.79 Å². The minimum absolute atomic E-state index is 0.103. The number of nitrogens with one attached hydrogen (secondary N) is 1. The summed E-state index contributed by atoms with van der Waals surface area (Å²) in [5.74, 6) is 1.58. The smallest absolute Gasteiger partial charge is 0.256 e. The summed E-state index contributed by atoms with van der Waals surface area (Å²) in [7, 11) is 1.73. The van der Waals surface area contributed by atoms with Crippen LogP contribution in [0.2, 0.25) is 0 Å². The van der Waals surface area contributed by atoms with E-state index in [4.69, 9.17) is 5.73 Å². The van der Waals surface area contributed by atoms with E-state index in [0.29, 0.717) is 17.3 Å². The van der Waals surface area contributed by atoms with Gasteiger partial charge < -0.3 is 11.1 Å². The molecular weight excluding hydrogens is 228 g/mol. The van der Waals surface area contributed by atoms with E-state index in [-0.39, 0.29) is 11.9 Å². The highest BCUT2D eigenvalue weighted by molar-refractivity contribution is 5.98. The van der Waals surface area contributed by atoms with Gasteiger partial charge in [-0.2, -0.15) is 5.10 Å². The van der Waals surface area contributed by atoms with Gasteiger partial charge in [0.15, 0.2) is 0 Å². The Morgan fingerprint density at radius 1 is 1.61 bits per heavy atom. The van der Waals surface area contributed by atoms with Gasteiger partial charge in [0.05, 0.1) is 6.20 Å². The number of nitrogen functional groups attached to an aromatic ring is 1. The van der Waals surface area contributed by atoms with Crippen LogP contribution >= 0.6 is 0 Å². The third kappa shape index (κ3) is 2.21. The van der Waals surface area contributed by atoms with Crippen LogP contribution in [0, 0.1) is 11.8 Å². The van der Waals surface area contributed by atoms with Gasteiger partial charge in [-0.1, -0.05) is 20.3 Å². The number of aromatic nitrogens is 2. The second kappa shape index (κ2) is 5.00. The van der Waals surface area contributed by atoms with Crippen molar-refractivity contribution in [2.75, 3.05) is 5.73 Å². The summed E-state index contributed by atoms with van der Waals surface area (Å²) in [6.07, 6.45) is 4.97. The maximum atomic E-state index is 12.1. The molecule has 3 atom stereocenters. The predicted molar refractivity (Wildman–Crippen MR) is 71.1 cm³/mol. The minimum atomic E-state index is -0.103. The fraction of sp³-hybridized carbons (Fsp3) is 0.692. The summed E-state index contributed by atoms with van der Waals surface area (Å²) in [6.45, 7) is 4.43. The molecule has 3 N–H and O–H groups in total. The van der Waals surface area contributed by atoms with Crippen molar-refractivity contribution in [3.8, 4) is 0 Å². The van der Waals surface area contributed by atoms with E-state index >= 15 is 0 Å². The molecule has 2 rings (SSSR count). The summed E-state index contributed by atoms with van der Waals surface area (Å²) in [5.41, 5.74) is 6.28. The van der Waals surface area contributed by atoms with Crippen LogP contribution in [-0.2, 0) is 7.05 Å². The van der Waals surface area contributed by atoms with E-state index in [1.54, 1.807) is 7.05 Å². The van der Waals surface area contributed by atoms with E-state index < -0.39 is 0 Å². The molecule has 1 aliphatic carbocycles. The monoisotopic (exact) mass is 250 g/mol. The van der Waals surface area contributed by atoms with Crippen molar-refractivity contribution in [2.45, 2.75) is 39.2 Å². The molecule has 5 heteroatoms. The highest BCUT2D eigenvalue weighted by Crippen LogP contribution is 2.34. The van der Waals surface area contributed by atoms with Gasteiger partial charge in [0.2, 0.25) is 0 Å². The highest BCUT2D eigenvalue weighted by Gasteiger charge is 2.33. The molecule has 1 aromatic heterocycles. The Balaban J connectivity index is 2.02. The summed E-state index contributed by atoms with van der Waals surface area (Å²) in [5, 5.41) is 7.08. The third-order valence-corrected chi connectivity index (χ3v) is 4.30. The van der Waals surface area contributed by atoms with Crippen LogP contribution < -0.4 is 11.1 Å². The normalized spacial score (nSPS) is 27.4. The van der Waals surface area contributed by atoms with Gasteiger partial charge in [0.25, 0.3) is 5.91 Å². The number of rotatable bonds is 3. The van der Waals surface area contributed by atoms with Gasteiger partial charge >= 0.3 is 0 Å². The zero-order valence-electron chi connectivity index (χ0n) is 11.3. The first-order chi connectivity index (χ1) is 8.54. The summed E-state index contributed by atoms with van der Waals surface area (Å²) in [4.78, 5) is 12.1. The molecule has 0 radical (unpaired) electrons. The van der Waals surface area contributed by atoms with Crippen LogP contribution in [0.25, 0.3) is 0 Å². The number of nitrogens with two attached hydrogens (primary N) is 1. The van der Waals surface area contributed by atoms with Gasteiger partial charge in [-0.25, -0.2) is 0 Å². The average Bonchev–Trinajstić information content (AvgIpc) is 2.85. The minimum Gasteiger partial charge on any atom is -0.383 e. The summed E-state index contributed by atoms with van der Waals surface area (Å²) in [6, 6.07) is 0.266. The fourth-order valence-corrected chi connectivity index (χ4v) is 2.90. The molecule has 18 heavy (non-hydrogen) atoms. The molecule has 1 heterocycles. The van der Waals surface area contributed by atoms with E-state index in [1.165, 1.54) is 23.7 Å². The van der Waals surface area contributed by atoms with Crippen LogP contribution in [0.1, 0.15) is 43.5 Å². The second-order valence-corrected chi connectivity index (χ2v) is 5.25. The number of hydrogen-bond acceptors (Lipinski definition) is 3. The Bertz CT molecular complexity index is 440. The molecule has 3 unspecified atom stereocenters. The van der Waals surface area contributed by atoms with Crippen molar-refractivity contribution in [1.82, 2.24) is 15.1 Å². The number of amides is 1. The number of aryl methyl sites for hydroxylation is 1. The molecule has 0 aliphatic heterocycles. The second-order valence-electron chi connectivity index (χ2n) is 5.25. The quantitative estimate of drug-likeness (QED) is 0.855. The first-order valence-corrected chi connectivity index (χ1v) is 6.63. The highest BCUT2D eigenvalue weighted by atomic mass is 16.1. The number of nitrogens with zero attached hydrogens (tertiary/aromatic N) is 2. The standard InChI is InChI=1S/C13H22N4O/c1-4-9-5-6-11(8(9)2)16-13(18)10-7-15-17(3)12(10)14/h7-9,11H,4-6,14H2,1-3H3,(H,16,18). The predicted octanol–water partition coefficient (Wildman–Crippen LogP) is 1.56. The molecular formula is C13H22N4O. The molecule has 0 bridgehead atoms. The lowest BCUT2D eigenvalue weighted by atomic mass is 9.93. The van der Waals surface area contributed by atoms with E-state index in [1.807, 2.05) is 0 Å². The maximum Gasteiger partial charge on any atom is 0.256 e. The van der Waals surface area contributed by atoms with Gasteiger partial charge in [0.1, 0.15) is 11.4 Å². The first kappa shape index (κ1) is 12.9. The third-order valence-electron chi connectivity index (χ3n) is 4.30. The molecule has 100 valence electrons. The molecule has 1 fully saturated rings. The van der Waals surface area contributed by atoms with E-state index in [2.05, 4.69) is 24.3 Å². The topological polar surface area (TPSA) is 72.9 Å². The lowest BCUT2D eigenvalue weighted by Crippen LogP contribution is -2.37. The lowest BCUT2D eigenvalue weighted by Gasteiger charge is -2.20. The fourth-order valence-electron chi connectivity index (χ4n) is 2.90. The van der Waals surface area contributed by atoms with Crippen molar-refractivity contribution in [3.63, 3.8) is 0 Å². The number of hydrogen-bond donors (Lipinski definition) is 2. The van der Waals surface area contributed by atoms with Gasteiger partial charge in [-0.15, -0.1) is 0 Å². The largest absolute Gasteiger partial charge is 0.383 e.